The van der Waals surface area contributed by atoms with Crippen LogP contribution in [0.4, 0.5) is 0 Å². The van der Waals surface area contributed by atoms with Crippen LogP contribution in [0.15, 0.2) is 0 Å². The minimum atomic E-state index is -0.958. The summed E-state index contributed by atoms with van der Waals surface area (Å²) in [6, 6.07) is 0. The van der Waals surface area contributed by atoms with E-state index in [1.807, 2.05) is 0 Å². The lowest BCUT2D eigenvalue weighted by Crippen LogP contribution is -2.30. The fourth-order valence-corrected chi connectivity index (χ4v) is 1.34. The maximum atomic E-state index is 10.7. The van der Waals surface area contributed by atoms with Crippen LogP contribution in [-0.4, -0.2) is 37.0 Å². The second kappa shape index (κ2) is 8.68. The standard InChI is InChI=1S/C11H22O4/c1-4-6-9(3)7-14-8-10(11(12)13)15-5-2/h9-10H,4-8H2,1-3H3,(H,12,13). The Kier molecular flexibility index (Phi) is 8.33. The van der Waals surface area contributed by atoms with Crippen LogP contribution < -0.4 is 0 Å². The van der Waals surface area contributed by atoms with E-state index in [4.69, 9.17) is 14.6 Å². The van der Waals surface area contributed by atoms with E-state index in [0.29, 0.717) is 19.1 Å². The Labute approximate surface area is 91.6 Å². The van der Waals surface area contributed by atoms with Crippen LogP contribution in [0.1, 0.15) is 33.6 Å². The van der Waals surface area contributed by atoms with Crippen LogP contribution >= 0.6 is 0 Å². The van der Waals surface area contributed by atoms with E-state index in [2.05, 4.69) is 13.8 Å². The molecule has 0 aliphatic rings. The summed E-state index contributed by atoms with van der Waals surface area (Å²) in [4.78, 5) is 10.7. The van der Waals surface area contributed by atoms with Crippen molar-refractivity contribution in [2.24, 2.45) is 5.92 Å². The third kappa shape index (κ3) is 7.33. The van der Waals surface area contributed by atoms with Crippen LogP contribution in [0.25, 0.3) is 0 Å². The van der Waals surface area contributed by atoms with Crippen molar-refractivity contribution in [3.05, 3.63) is 0 Å². The highest BCUT2D eigenvalue weighted by molar-refractivity contribution is 5.72. The molecule has 0 aromatic rings. The highest BCUT2D eigenvalue weighted by Gasteiger charge is 2.17. The van der Waals surface area contributed by atoms with Crippen LogP contribution in [0.3, 0.4) is 0 Å². The van der Waals surface area contributed by atoms with E-state index in [1.54, 1.807) is 6.92 Å². The summed E-state index contributed by atoms with van der Waals surface area (Å²) in [6.45, 7) is 7.12. The lowest BCUT2D eigenvalue weighted by molar-refractivity contribution is -0.154. The van der Waals surface area contributed by atoms with Gasteiger partial charge < -0.3 is 14.6 Å². The molecule has 0 radical (unpaired) electrons. The van der Waals surface area contributed by atoms with E-state index in [-0.39, 0.29) is 6.61 Å². The fraction of sp³-hybridized carbons (Fsp3) is 0.909. The van der Waals surface area contributed by atoms with Crippen LogP contribution in [-0.2, 0) is 14.3 Å². The van der Waals surface area contributed by atoms with Crippen molar-refractivity contribution >= 4 is 5.97 Å². The van der Waals surface area contributed by atoms with E-state index >= 15 is 0 Å². The molecule has 0 aromatic heterocycles. The molecule has 0 bridgehead atoms. The zero-order valence-corrected chi connectivity index (χ0v) is 9.86. The quantitative estimate of drug-likeness (QED) is 0.642. The molecule has 0 aromatic carbocycles. The monoisotopic (exact) mass is 218 g/mol. The van der Waals surface area contributed by atoms with Crippen LogP contribution in [0, 0.1) is 5.92 Å². The van der Waals surface area contributed by atoms with E-state index in [1.165, 1.54) is 0 Å². The second-order valence-electron chi connectivity index (χ2n) is 3.71. The normalized spacial score (nSPS) is 14.9. The fourth-order valence-electron chi connectivity index (χ4n) is 1.34. The molecular weight excluding hydrogens is 196 g/mol. The van der Waals surface area contributed by atoms with Gasteiger partial charge in [-0.15, -0.1) is 0 Å². The molecule has 15 heavy (non-hydrogen) atoms. The number of carboxylic acid groups (broad SMARTS) is 1. The van der Waals surface area contributed by atoms with Gasteiger partial charge >= 0.3 is 5.97 Å². The van der Waals surface area contributed by atoms with E-state index < -0.39 is 12.1 Å². The highest BCUT2D eigenvalue weighted by Crippen LogP contribution is 2.05. The van der Waals surface area contributed by atoms with Gasteiger partial charge in [-0.05, 0) is 19.3 Å². The van der Waals surface area contributed by atoms with Gasteiger partial charge in [-0.2, -0.15) is 0 Å². The first-order valence-corrected chi connectivity index (χ1v) is 5.53. The Morgan fingerprint density at radius 2 is 2.00 bits per heavy atom. The number of aliphatic carboxylic acids is 1. The topological polar surface area (TPSA) is 55.8 Å². The molecule has 0 saturated carbocycles. The Morgan fingerprint density at radius 3 is 2.47 bits per heavy atom. The lowest BCUT2D eigenvalue weighted by Gasteiger charge is -2.15. The Hall–Kier alpha value is -0.610. The molecular formula is C11H22O4. The summed E-state index contributed by atoms with van der Waals surface area (Å²) in [6.07, 6.45) is 1.40. The molecule has 0 aliphatic carbocycles. The first-order chi connectivity index (χ1) is 7.11. The number of ether oxygens (including phenoxy) is 2. The molecule has 0 amide bonds. The number of hydrogen-bond donors (Lipinski definition) is 1. The Bertz CT molecular complexity index is 170. The summed E-state index contributed by atoms with van der Waals surface area (Å²) in [5.74, 6) is -0.480. The molecule has 2 atom stereocenters. The lowest BCUT2D eigenvalue weighted by atomic mass is 10.1. The maximum absolute atomic E-state index is 10.7. The maximum Gasteiger partial charge on any atom is 0.335 e. The summed E-state index contributed by atoms with van der Waals surface area (Å²) >= 11 is 0. The van der Waals surface area contributed by atoms with Gasteiger partial charge in [-0.1, -0.05) is 20.3 Å². The Morgan fingerprint density at radius 1 is 1.33 bits per heavy atom. The zero-order chi connectivity index (χ0) is 11.7. The molecule has 0 rings (SSSR count). The molecule has 0 spiro atoms. The van der Waals surface area contributed by atoms with Crippen molar-refractivity contribution in [1.29, 1.82) is 0 Å². The van der Waals surface area contributed by atoms with Crippen molar-refractivity contribution in [2.75, 3.05) is 19.8 Å². The van der Waals surface area contributed by atoms with Gasteiger partial charge in [0.05, 0.1) is 6.61 Å². The van der Waals surface area contributed by atoms with Gasteiger partial charge in [-0.3, -0.25) is 0 Å². The van der Waals surface area contributed by atoms with Crippen LogP contribution in [0.2, 0.25) is 0 Å². The predicted molar refractivity (Wildman–Crippen MR) is 57.9 cm³/mol. The van der Waals surface area contributed by atoms with Gasteiger partial charge in [0, 0.05) is 13.2 Å². The molecule has 2 unspecified atom stereocenters. The average Bonchev–Trinajstić information content (AvgIpc) is 2.16. The van der Waals surface area contributed by atoms with E-state index in [0.717, 1.165) is 12.8 Å². The molecule has 1 N–H and O–H groups in total. The minimum Gasteiger partial charge on any atom is -0.479 e. The zero-order valence-electron chi connectivity index (χ0n) is 9.86. The minimum absolute atomic E-state index is 0.136. The largest absolute Gasteiger partial charge is 0.479 e. The molecule has 0 fully saturated rings. The number of carboxylic acids is 1. The highest BCUT2D eigenvalue weighted by atomic mass is 16.5. The third-order valence-electron chi connectivity index (χ3n) is 2.10. The van der Waals surface area contributed by atoms with Crippen molar-refractivity contribution in [2.45, 2.75) is 39.7 Å². The predicted octanol–water partition coefficient (Wildman–Crippen LogP) is 1.93. The van der Waals surface area contributed by atoms with Gasteiger partial charge in [0.1, 0.15) is 0 Å². The first-order valence-electron chi connectivity index (χ1n) is 5.53. The first kappa shape index (κ1) is 14.4. The summed E-state index contributed by atoms with van der Waals surface area (Å²) in [5, 5.41) is 8.77. The molecule has 0 heterocycles. The Balaban J connectivity index is 3.65. The van der Waals surface area contributed by atoms with E-state index in [9.17, 15) is 4.79 Å². The second-order valence-corrected chi connectivity index (χ2v) is 3.71. The summed E-state index contributed by atoms with van der Waals surface area (Å²) < 4.78 is 10.3. The van der Waals surface area contributed by atoms with Gasteiger partial charge in [-0.25, -0.2) is 4.79 Å². The molecule has 4 heteroatoms. The smallest absolute Gasteiger partial charge is 0.335 e. The summed E-state index contributed by atoms with van der Waals surface area (Å²) in [7, 11) is 0. The molecule has 0 saturated heterocycles. The van der Waals surface area contributed by atoms with Crippen LogP contribution in [0.5, 0.6) is 0 Å². The number of carbonyl (C=O) groups is 1. The number of rotatable bonds is 9. The van der Waals surface area contributed by atoms with Gasteiger partial charge in [0.25, 0.3) is 0 Å². The summed E-state index contributed by atoms with van der Waals surface area (Å²) in [5.41, 5.74) is 0. The number of hydrogen-bond acceptors (Lipinski definition) is 3. The van der Waals surface area contributed by atoms with Gasteiger partial charge in [0.2, 0.25) is 0 Å². The van der Waals surface area contributed by atoms with Crippen molar-refractivity contribution < 1.29 is 19.4 Å². The van der Waals surface area contributed by atoms with Crippen molar-refractivity contribution in [3.63, 3.8) is 0 Å². The molecule has 90 valence electrons. The molecule has 4 nitrogen and oxygen atoms in total. The average molecular weight is 218 g/mol. The SMILES string of the molecule is CCCC(C)COCC(OCC)C(=O)O. The third-order valence-corrected chi connectivity index (χ3v) is 2.10. The van der Waals surface area contributed by atoms with Crippen molar-refractivity contribution in [1.82, 2.24) is 0 Å². The van der Waals surface area contributed by atoms with Crippen molar-refractivity contribution in [3.8, 4) is 0 Å². The van der Waals surface area contributed by atoms with Gasteiger partial charge in [0.15, 0.2) is 6.10 Å². The molecule has 0 aliphatic heterocycles.